The summed E-state index contributed by atoms with van der Waals surface area (Å²) in [5.41, 5.74) is 0.244. The average Bonchev–Trinajstić information content (AvgIpc) is 2.53. The molecule has 1 aromatic rings. The van der Waals surface area contributed by atoms with Crippen molar-refractivity contribution in [1.82, 2.24) is 0 Å². The van der Waals surface area contributed by atoms with Crippen LogP contribution in [0, 0.1) is 0 Å². The summed E-state index contributed by atoms with van der Waals surface area (Å²) in [4.78, 5) is 11.1. The summed E-state index contributed by atoms with van der Waals surface area (Å²) in [6, 6.07) is 1.87. The van der Waals surface area contributed by atoms with Crippen LogP contribution in [0.25, 0.3) is 0 Å². The number of hydrogen-bond acceptors (Lipinski definition) is 2. The fourth-order valence-electron chi connectivity index (χ4n) is 1.97. The molecular weight excluding hydrogens is 168 g/mol. The third-order valence-corrected chi connectivity index (χ3v) is 2.84. The number of carboxylic acids is 1. The van der Waals surface area contributed by atoms with Gasteiger partial charge >= 0.3 is 5.97 Å². The van der Waals surface area contributed by atoms with E-state index in [9.17, 15) is 4.79 Å². The van der Waals surface area contributed by atoms with Gasteiger partial charge in [-0.05, 0) is 37.8 Å². The van der Waals surface area contributed by atoms with Crippen LogP contribution in [0.5, 0.6) is 0 Å². The average molecular weight is 180 g/mol. The van der Waals surface area contributed by atoms with Gasteiger partial charge in [0.2, 0.25) is 0 Å². The fourth-order valence-corrected chi connectivity index (χ4v) is 1.97. The van der Waals surface area contributed by atoms with Gasteiger partial charge in [0.15, 0.2) is 0 Å². The molecule has 1 atom stereocenters. The molecule has 0 bridgehead atoms. The number of aliphatic carboxylic acids is 1. The van der Waals surface area contributed by atoms with Gasteiger partial charge in [-0.25, -0.2) is 0 Å². The van der Waals surface area contributed by atoms with Crippen molar-refractivity contribution < 1.29 is 14.3 Å². The van der Waals surface area contributed by atoms with E-state index in [1.165, 1.54) is 0 Å². The van der Waals surface area contributed by atoms with E-state index in [1.807, 2.05) is 6.07 Å². The summed E-state index contributed by atoms with van der Waals surface area (Å²) in [6.07, 6.45) is 4.12. The standard InChI is InChI=1S/C10H12O3/c1-10(9(11)12)5-2-3-7-4-6-13-8(7)10/h4,6H,2-3,5H2,1H3,(H,11,12). The molecule has 70 valence electrons. The second-order valence-corrected chi connectivity index (χ2v) is 3.77. The molecule has 0 saturated heterocycles. The fraction of sp³-hybridized carbons (Fsp3) is 0.500. The van der Waals surface area contributed by atoms with E-state index in [0.29, 0.717) is 12.2 Å². The number of hydrogen-bond donors (Lipinski definition) is 1. The minimum atomic E-state index is -0.808. The van der Waals surface area contributed by atoms with Crippen molar-refractivity contribution in [3.05, 3.63) is 23.7 Å². The largest absolute Gasteiger partial charge is 0.480 e. The summed E-state index contributed by atoms with van der Waals surface area (Å²) < 4.78 is 5.25. The third-order valence-electron chi connectivity index (χ3n) is 2.84. The Hall–Kier alpha value is -1.25. The van der Waals surface area contributed by atoms with Crippen molar-refractivity contribution in [2.24, 2.45) is 0 Å². The molecule has 0 aromatic carbocycles. The zero-order valence-electron chi connectivity index (χ0n) is 7.54. The molecule has 0 radical (unpaired) electrons. The van der Waals surface area contributed by atoms with E-state index in [0.717, 1.165) is 18.4 Å². The van der Waals surface area contributed by atoms with Crippen LogP contribution in [-0.2, 0) is 16.6 Å². The maximum atomic E-state index is 11.1. The normalized spacial score (nSPS) is 26.8. The highest BCUT2D eigenvalue weighted by Crippen LogP contribution is 2.37. The van der Waals surface area contributed by atoms with E-state index in [1.54, 1.807) is 13.2 Å². The highest BCUT2D eigenvalue weighted by Gasteiger charge is 2.41. The van der Waals surface area contributed by atoms with Crippen molar-refractivity contribution in [1.29, 1.82) is 0 Å². The van der Waals surface area contributed by atoms with Gasteiger partial charge in [0.1, 0.15) is 11.2 Å². The first-order chi connectivity index (χ1) is 6.14. The minimum absolute atomic E-state index is 0.645. The maximum Gasteiger partial charge on any atom is 0.317 e. The molecular formula is C10H12O3. The molecule has 1 N–H and O–H groups in total. The second kappa shape index (κ2) is 2.62. The first kappa shape index (κ1) is 8.35. The Bertz CT molecular complexity index is 340. The Kier molecular flexibility index (Phi) is 1.68. The number of aryl methyl sites for hydroxylation is 1. The Morgan fingerprint density at radius 2 is 2.46 bits per heavy atom. The zero-order chi connectivity index (χ0) is 9.47. The molecule has 3 nitrogen and oxygen atoms in total. The van der Waals surface area contributed by atoms with Crippen LogP contribution in [-0.4, -0.2) is 11.1 Å². The van der Waals surface area contributed by atoms with Crippen molar-refractivity contribution >= 4 is 5.97 Å². The van der Waals surface area contributed by atoms with E-state index in [2.05, 4.69) is 0 Å². The molecule has 0 amide bonds. The highest BCUT2D eigenvalue weighted by molar-refractivity contribution is 5.80. The van der Waals surface area contributed by atoms with E-state index < -0.39 is 11.4 Å². The van der Waals surface area contributed by atoms with Crippen molar-refractivity contribution in [3.8, 4) is 0 Å². The van der Waals surface area contributed by atoms with Gasteiger partial charge in [-0.15, -0.1) is 0 Å². The van der Waals surface area contributed by atoms with Crippen LogP contribution in [0.4, 0.5) is 0 Å². The van der Waals surface area contributed by atoms with Gasteiger partial charge in [-0.2, -0.15) is 0 Å². The molecule has 1 aliphatic rings. The Morgan fingerprint density at radius 1 is 1.69 bits per heavy atom. The van der Waals surface area contributed by atoms with E-state index in [-0.39, 0.29) is 0 Å². The zero-order valence-corrected chi connectivity index (χ0v) is 7.54. The lowest BCUT2D eigenvalue weighted by molar-refractivity contribution is -0.144. The number of carbonyl (C=O) groups is 1. The molecule has 0 fully saturated rings. The van der Waals surface area contributed by atoms with Crippen LogP contribution in [0.1, 0.15) is 31.1 Å². The SMILES string of the molecule is CC1(C(=O)O)CCCc2ccoc21. The van der Waals surface area contributed by atoms with Crippen molar-refractivity contribution in [2.75, 3.05) is 0 Å². The van der Waals surface area contributed by atoms with Gasteiger partial charge in [0.05, 0.1) is 6.26 Å². The summed E-state index contributed by atoms with van der Waals surface area (Å²) in [5.74, 6) is -0.144. The van der Waals surface area contributed by atoms with Gasteiger partial charge < -0.3 is 9.52 Å². The molecule has 1 heterocycles. The monoisotopic (exact) mass is 180 g/mol. The lowest BCUT2D eigenvalue weighted by Gasteiger charge is -2.27. The first-order valence-corrected chi connectivity index (χ1v) is 4.45. The second-order valence-electron chi connectivity index (χ2n) is 3.77. The molecule has 0 aliphatic heterocycles. The van der Waals surface area contributed by atoms with Crippen LogP contribution in [0.2, 0.25) is 0 Å². The van der Waals surface area contributed by atoms with Gasteiger partial charge in [-0.1, -0.05) is 0 Å². The summed E-state index contributed by atoms with van der Waals surface area (Å²) in [5, 5.41) is 9.10. The Balaban J connectivity index is 2.51. The molecule has 0 saturated carbocycles. The van der Waals surface area contributed by atoms with Crippen molar-refractivity contribution in [2.45, 2.75) is 31.6 Å². The van der Waals surface area contributed by atoms with E-state index in [4.69, 9.17) is 9.52 Å². The summed E-state index contributed by atoms with van der Waals surface area (Å²) in [7, 11) is 0. The van der Waals surface area contributed by atoms with Crippen LogP contribution >= 0.6 is 0 Å². The number of carboxylic acid groups (broad SMARTS) is 1. The Labute approximate surface area is 76.4 Å². The van der Waals surface area contributed by atoms with Crippen molar-refractivity contribution in [3.63, 3.8) is 0 Å². The summed E-state index contributed by atoms with van der Waals surface area (Å²) >= 11 is 0. The van der Waals surface area contributed by atoms with E-state index >= 15 is 0 Å². The van der Waals surface area contributed by atoms with Gasteiger partial charge in [0, 0.05) is 0 Å². The third kappa shape index (κ3) is 1.07. The predicted octanol–water partition coefficient (Wildman–Crippen LogP) is 1.96. The molecule has 3 heteroatoms. The number of rotatable bonds is 1. The lowest BCUT2D eigenvalue weighted by atomic mass is 9.76. The number of furan rings is 1. The lowest BCUT2D eigenvalue weighted by Crippen LogP contribution is -2.35. The highest BCUT2D eigenvalue weighted by atomic mass is 16.4. The van der Waals surface area contributed by atoms with Crippen LogP contribution < -0.4 is 0 Å². The minimum Gasteiger partial charge on any atom is -0.480 e. The smallest absolute Gasteiger partial charge is 0.317 e. The maximum absolute atomic E-state index is 11.1. The van der Waals surface area contributed by atoms with Gasteiger partial charge in [0.25, 0.3) is 0 Å². The topological polar surface area (TPSA) is 50.4 Å². The quantitative estimate of drug-likeness (QED) is 0.718. The predicted molar refractivity (Wildman–Crippen MR) is 46.6 cm³/mol. The summed E-state index contributed by atoms with van der Waals surface area (Å²) in [6.45, 7) is 1.73. The van der Waals surface area contributed by atoms with Crippen LogP contribution in [0.3, 0.4) is 0 Å². The molecule has 1 aliphatic carbocycles. The molecule has 0 spiro atoms. The van der Waals surface area contributed by atoms with Gasteiger partial charge in [-0.3, -0.25) is 4.79 Å². The first-order valence-electron chi connectivity index (χ1n) is 4.45. The molecule has 1 unspecified atom stereocenters. The molecule has 1 aromatic heterocycles. The number of fused-ring (bicyclic) bond motifs is 1. The van der Waals surface area contributed by atoms with Crippen LogP contribution in [0.15, 0.2) is 16.7 Å². The molecule has 2 rings (SSSR count). The Morgan fingerprint density at radius 3 is 3.15 bits per heavy atom. The molecule has 13 heavy (non-hydrogen) atoms.